The van der Waals surface area contributed by atoms with Gasteiger partial charge in [0.15, 0.2) is 0 Å². The average molecular weight is 1270 g/mol. The van der Waals surface area contributed by atoms with E-state index < -0.39 is 0 Å². The SMILES string of the molecule is C1=Cc2nc1c(-c1ccccc1)c1ccc([n-]1)c(-c1ccccc1)c1nc(c(-c3ccccc3-c3c4nc(c(-c5ccccc5)c5ccc([n-]5)c(-c5ccccc5)c5nc(c(-c6ccccc6)c6ccc3[n-]6)C=C5)C=C4)c3ccc([n-]3)c2-c2ccccc2)C=C1.[Cu+2].[Cu+2]. The molecule has 0 amide bonds. The van der Waals surface area contributed by atoms with E-state index in [4.69, 9.17) is 39.9 Å². The van der Waals surface area contributed by atoms with Gasteiger partial charge in [0.25, 0.3) is 0 Å². The molecule has 0 fully saturated rings. The summed E-state index contributed by atoms with van der Waals surface area (Å²) in [6, 6.07) is 88.1. The van der Waals surface area contributed by atoms with Crippen LogP contribution in [-0.4, -0.2) is 19.9 Å². The molecular weight excluding hydrogens is 1220 g/mol. The van der Waals surface area contributed by atoms with E-state index in [1.54, 1.807) is 0 Å². The van der Waals surface area contributed by atoms with Crippen LogP contribution in [0.1, 0.15) is 45.6 Å². The number of rotatable bonds is 8. The molecule has 0 atom stereocenters. The summed E-state index contributed by atoms with van der Waals surface area (Å²) < 4.78 is 0. The molecule has 0 N–H and O–H groups in total. The monoisotopic (exact) mass is 1270 g/mol. The zero-order chi connectivity index (χ0) is 59.5. The van der Waals surface area contributed by atoms with Crippen LogP contribution < -0.4 is 19.9 Å². The van der Waals surface area contributed by atoms with Crippen molar-refractivity contribution in [2.24, 2.45) is 0 Å². The third kappa shape index (κ3) is 10.2. The van der Waals surface area contributed by atoms with Gasteiger partial charge in [0.05, 0.1) is 45.6 Å². The van der Waals surface area contributed by atoms with Crippen LogP contribution in [0.4, 0.5) is 0 Å². The Morgan fingerprint density at radius 3 is 0.500 bits per heavy atom. The topological polar surface area (TPSA) is 108 Å². The maximum atomic E-state index is 5.71. The molecule has 17 rings (SSSR count). The first-order valence-corrected chi connectivity index (χ1v) is 30.2. The van der Waals surface area contributed by atoms with Crippen molar-refractivity contribution >= 4 is 92.7 Å². The Morgan fingerprint density at radius 2 is 0.315 bits per heavy atom. The molecule has 8 nitrogen and oxygen atoms in total. The summed E-state index contributed by atoms with van der Waals surface area (Å²) in [6.45, 7) is 0. The second-order valence-electron chi connectivity index (χ2n) is 22.5. The van der Waals surface area contributed by atoms with Crippen LogP contribution in [-0.2, 0) is 34.1 Å². The van der Waals surface area contributed by atoms with E-state index in [9.17, 15) is 0 Å². The zero-order valence-electron chi connectivity index (χ0n) is 49.0. The van der Waals surface area contributed by atoms with Gasteiger partial charge in [0.1, 0.15) is 0 Å². The number of hydrogen-bond donors (Lipinski definition) is 0. The molecule has 0 spiro atoms. The predicted octanol–water partition coefficient (Wildman–Crippen LogP) is 19.5. The number of benzene rings is 7. The fourth-order valence-corrected chi connectivity index (χ4v) is 13.0. The molecule has 92 heavy (non-hydrogen) atoms. The van der Waals surface area contributed by atoms with Crippen LogP contribution in [0.3, 0.4) is 0 Å². The van der Waals surface area contributed by atoms with Gasteiger partial charge in [-0.3, -0.25) is 0 Å². The first kappa shape index (κ1) is 57.2. The zero-order valence-corrected chi connectivity index (χ0v) is 50.9. The minimum Gasteiger partial charge on any atom is -0.657 e. The molecule has 10 heterocycles. The van der Waals surface area contributed by atoms with Crippen molar-refractivity contribution < 1.29 is 34.1 Å². The van der Waals surface area contributed by atoms with Crippen LogP contribution in [0.2, 0.25) is 0 Å². The van der Waals surface area contributed by atoms with Crippen LogP contribution >= 0.6 is 0 Å². The molecule has 2 radical (unpaired) electrons. The van der Waals surface area contributed by atoms with Crippen molar-refractivity contribution in [1.82, 2.24) is 39.9 Å². The van der Waals surface area contributed by atoms with E-state index >= 15 is 0 Å². The molecule has 7 aromatic carbocycles. The summed E-state index contributed by atoms with van der Waals surface area (Å²) in [6.07, 6.45) is 16.9. The second kappa shape index (κ2) is 24.3. The van der Waals surface area contributed by atoms with Crippen molar-refractivity contribution in [3.8, 4) is 89.0 Å². The minimum atomic E-state index is 0. The van der Waals surface area contributed by atoms with Crippen molar-refractivity contribution in [3.05, 3.63) is 300 Å². The molecule has 0 saturated heterocycles. The Balaban J connectivity index is 0.00000351. The second-order valence-corrected chi connectivity index (χ2v) is 22.5. The molecular formula is C82H50Cu2N8. The molecule has 6 aromatic heterocycles. The predicted molar refractivity (Wildman–Crippen MR) is 371 cm³/mol. The number of nitrogens with zero attached hydrogens (tertiary/aromatic N) is 8. The van der Waals surface area contributed by atoms with Crippen LogP contribution in [0.5, 0.6) is 0 Å². The number of fused-ring (bicyclic) bond motifs is 16. The molecule has 440 valence electrons. The molecule has 16 bridgehead atoms. The van der Waals surface area contributed by atoms with Crippen molar-refractivity contribution in [2.45, 2.75) is 0 Å². The van der Waals surface area contributed by atoms with E-state index in [2.05, 4.69) is 267 Å². The first-order valence-electron chi connectivity index (χ1n) is 30.2. The minimum absolute atomic E-state index is 0. The molecule has 4 aliphatic heterocycles. The smallest absolute Gasteiger partial charge is 0.657 e. The summed E-state index contributed by atoms with van der Waals surface area (Å²) >= 11 is 0. The van der Waals surface area contributed by atoms with Crippen molar-refractivity contribution in [2.75, 3.05) is 0 Å². The summed E-state index contributed by atoms with van der Waals surface area (Å²) in [5, 5.41) is 0. The number of aromatic nitrogens is 8. The normalized spacial score (nSPS) is 12.0. The van der Waals surface area contributed by atoms with E-state index in [1.807, 2.05) is 36.4 Å². The standard InChI is InChI=1S/C82H50N8.2Cu/c1-7-21-51(22-8-1)75-59-35-39-63(83-59)77(53-25-11-3-12-26-53)67-43-47-71(87-67)81(72-48-44-68(88-72)78(54-27-13-4-14-28-54)64-40-36-60(75)84-64)57-33-19-20-34-58(57)82-73-49-45-69(89-73)79(55-29-15-5-16-30-55)65-41-37-61(85-65)76(52-23-9-2-10-24-52)62-38-42-66(86-62)80(56-31-17-6-18-32-56)70-46-50-74(82)90-70;;/h1-50H;;/q-4;2*+2. The van der Waals surface area contributed by atoms with Gasteiger partial charge < -0.3 is 19.9 Å². The van der Waals surface area contributed by atoms with Crippen LogP contribution in [0.25, 0.3) is 182 Å². The van der Waals surface area contributed by atoms with Gasteiger partial charge in [0, 0.05) is 0 Å². The Kier molecular flexibility index (Phi) is 15.1. The first-order chi connectivity index (χ1) is 44.6. The maximum absolute atomic E-state index is 5.71. The fourth-order valence-electron chi connectivity index (χ4n) is 13.0. The summed E-state index contributed by atoms with van der Waals surface area (Å²) in [7, 11) is 0. The molecule has 13 aromatic rings. The maximum Gasteiger partial charge on any atom is 2.00 e. The molecule has 0 aliphatic carbocycles. The van der Waals surface area contributed by atoms with Gasteiger partial charge in [-0.25, -0.2) is 19.9 Å². The Labute approximate surface area is 552 Å². The van der Waals surface area contributed by atoms with Crippen molar-refractivity contribution in [1.29, 1.82) is 0 Å². The van der Waals surface area contributed by atoms with Gasteiger partial charge in [0.2, 0.25) is 0 Å². The van der Waals surface area contributed by atoms with E-state index in [1.165, 1.54) is 0 Å². The third-order valence-corrected chi connectivity index (χ3v) is 17.1. The summed E-state index contributed by atoms with van der Waals surface area (Å²) in [5.41, 5.74) is 27.5. The van der Waals surface area contributed by atoms with E-state index in [0.717, 1.165) is 179 Å². The quantitative estimate of drug-likeness (QED) is 0.138. The van der Waals surface area contributed by atoms with E-state index in [-0.39, 0.29) is 34.1 Å². The summed E-state index contributed by atoms with van der Waals surface area (Å²) in [4.78, 5) is 44.8. The molecule has 4 aliphatic rings. The Morgan fingerprint density at radius 1 is 0.163 bits per heavy atom. The van der Waals surface area contributed by atoms with Crippen LogP contribution in [0.15, 0.2) is 255 Å². The van der Waals surface area contributed by atoms with Crippen LogP contribution in [0, 0.1) is 0 Å². The molecule has 10 heteroatoms. The van der Waals surface area contributed by atoms with E-state index in [0.29, 0.717) is 0 Å². The van der Waals surface area contributed by atoms with Gasteiger partial charge in [-0.2, -0.15) is 0 Å². The number of hydrogen-bond acceptors (Lipinski definition) is 4. The molecule has 0 saturated carbocycles. The largest absolute Gasteiger partial charge is 2.00 e. The van der Waals surface area contributed by atoms with Gasteiger partial charge in [-0.05, 0) is 138 Å². The van der Waals surface area contributed by atoms with Crippen molar-refractivity contribution in [3.63, 3.8) is 0 Å². The van der Waals surface area contributed by atoms with Gasteiger partial charge in [-0.15, -0.1) is 44.1 Å². The van der Waals surface area contributed by atoms with Gasteiger partial charge in [-0.1, -0.05) is 255 Å². The third-order valence-electron chi connectivity index (χ3n) is 17.1. The Bertz CT molecular complexity index is 5090. The summed E-state index contributed by atoms with van der Waals surface area (Å²) in [5.74, 6) is 0. The fraction of sp³-hybridized carbons (Fsp3) is 0. The molecule has 0 unspecified atom stereocenters. The Hall–Kier alpha value is -11.2. The van der Waals surface area contributed by atoms with Gasteiger partial charge >= 0.3 is 34.1 Å². The average Bonchev–Trinajstić information content (AvgIpc) is 1.60.